The Kier molecular flexibility index (Phi) is 4.21. The molecule has 1 fully saturated rings. The number of nitrogens with one attached hydrogen (secondary N) is 1. The summed E-state index contributed by atoms with van der Waals surface area (Å²) in [7, 11) is 0. The Morgan fingerprint density at radius 3 is 2.70 bits per heavy atom. The molecule has 1 aliphatic rings. The minimum atomic E-state index is -0.229. The van der Waals surface area contributed by atoms with Gasteiger partial charge in [-0.25, -0.2) is 4.39 Å². The third kappa shape index (κ3) is 3.49. The molecule has 2 nitrogen and oxygen atoms in total. The first-order chi connectivity index (χ1) is 9.72. The maximum absolute atomic E-state index is 13.4. The van der Waals surface area contributed by atoms with E-state index in [4.69, 9.17) is 4.74 Å². The lowest BCUT2D eigenvalue weighted by Crippen LogP contribution is -2.16. The van der Waals surface area contributed by atoms with E-state index in [1.54, 1.807) is 12.1 Å². The quantitative estimate of drug-likeness (QED) is 0.770. The Hall–Kier alpha value is -1.14. The first kappa shape index (κ1) is 13.8. The second kappa shape index (κ2) is 6.10. The van der Waals surface area contributed by atoms with Gasteiger partial charge < -0.3 is 10.1 Å². The van der Waals surface area contributed by atoms with Gasteiger partial charge in [-0.2, -0.15) is 0 Å². The average Bonchev–Trinajstić information content (AvgIpc) is 3.25. The molecule has 0 atom stereocenters. The normalized spacial score (nSPS) is 14.3. The molecule has 104 valence electrons. The van der Waals surface area contributed by atoms with E-state index in [9.17, 15) is 4.39 Å². The molecule has 2 aromatic carbocycles. The van der Waals surface area contributed by atoms with Gasteiger partial charge in [0.15, 0.2) is 0 Å². The predicted molar refractivity (Wildman–Crippen MR) is 85.5 cm³/mol. The van der Waals surface area contributed by atoms with Gasteiger partial charge >= 0.3 is 0 Å². The summed E-state index contributed by atoms with van der Waals surface area (Å²) in [6.07, 6.45) is 2.42. The summed E-state index contributed by atoms with van der Waals surface area (Å²) < 4.78 is 20.4. The summed E-state index contributed by atoms with van der Waals surface area (Å²) in [6, 6.07) is 13.1. The van der Waals surface area contributed by atoms with Crippen molar-refractivity contribution in [1.82, 2.24) is 5.32 Å². The molecular formula is C16H15FINO. The van der Waals surface area contributed by atoms with Gasteiger partial charge in [-0.05, 0) is 65.8 Å². The Labute approximate surface area is 131 Å². The molecule has 0 saturated heterocycles. The van der Waals surface area contributed by atoms with Crippen molar-refractivity contribution in [1.29, 1.82) is 0 Å². The summed E-state index contributed by atoms with van der Waals surface area (Å²) >= 11 is 2.23. The van der Waals surface area contributed by atoms with Gasteiger partial charge in [-0.1, -0.05) is 12.1 Å². The lowest BCUT2D eigenvalue weighted by Gasteiger charge is -2.13. The van der Waals surface area contributed by atoms with Crippen molar-refractivity contribution >= 4 is 22.6 Å². The zero-order valence-electron chi connectivity index (χ0n) is 10.9. The zero-order valence-corrected chi connectivity index (χ0v) is 13.1. The number of hydrogen-bond donors (Lipinski definition) is 1. The summed E-state index contributed by atoms with van der Waals surface area (Å²) in [5.74, 6) is 1.28. The van der Waals surface area contributed by atoms with Crippen molar-refractivity contribution < 1.29 is 9.13 Å². The molecule has 0 radical (unpaired) electrons. The molecule has 3 rings (SSSR count). The van der Waals surface area contributed by atoms with Crippen LogP contribution < -0.4 is 10.1 Å². The fraction of sp³-hybridized carbons (Fsp3) is 0.250. The third-order valence-corrected chi connectivity index (χ3v) is 4.13. The van der Waals surface area contributed by atoms with Crippen LogP contribution in [0.5, 0.6) is 11.5 Å². The van der Waals surface area contributed by atoms with Crippen molar-refractivity contribution in [3.05, 3.63) is 57.4 Å². The van der Waals surface area contributed by atoms with Gasteiger partial charge in [-0.3, -0.25) is 0 Å². The van der Waals surface area contributed by atoms with Crippen LogP contribution in [-0.2, 0) is 6.54 Å². The number of para-hydroxylation sites is 1. The van der Waals surface area contributed by atoms with Gasteiger partial charge in [0.2, 0.25) is 0 Å². The van der Waals surface area contributed by atoms with E-state index in [0.29, 0.717) is 18.3 Å². The number of hydrogen-bond acceptors (Lipinski definition) is 2. The summed E-state index contributed by atoms with van der Waals surface area (Å²) in [6.45, 7) is 0.640. The topological polar surface area (TPSA) is 21.3 Å². The minimum absolute atomic E-state index is 0.229. The Morgan fingerprint density at radius 2 is 1.95 bits per heavy atom. The maximum Gasteiger partial charge on any atom is 0.140 e. The van der Waals surface area contributed by atoms with Crippen LogP contribution in [0.1, 0.15) is 18.4 Å². The lowest BCUT2D eigenvalue weighted by molar-refractivity contribution is 0.466. The van der Waals surface area contributed by atoms with Crippen LogP contribution in [0.3, 0.4) is 0 Å². The fourth-order valence-corrected chi connectivity index (χ4v) is 2.47. The van der Waals surface area contributed by atoms with E-state index >= 15 is 0 Å². The van der Waals surface area contributed by atoms with E-state index in [2.05, 4.69) is 27.9 Å². The minimum Gasteiger partial charge on any atom is -0.456 e. The Balaban J connectivity index is 1.82. The largest absolute Gasteiger partial charge is 0.456 e. The van der Waals surface area contributed by atoms with Crippen LogP contribution >= 0.6 is 22.6 Å². The SMILES string of the molecule is Fc1ccc(Oc2ccccc2I)c(CNC2CC2)c1. The van der Waals surface area contributed by atoms with Crippen LogP contribution in [0.4, 0.5) is 4.39 Å². The van der Waals surface area contributed by atoms with E-state index < -0.39 is 0 Å². The number of ether oxygens (including phenoxy) is 1. The molecule has 0 spiro atoms. The van der Waals surface area contributed by atoms with E-state index in [0.717, 1.165) is 14.9 Å². The average molecular weight is 383 g/mol. The van der Waals surface area contributed by atoms with E-state index in [-0.39, 0.29) is 5.82 Å². The molecular weight excluding hydrogens is 368 g/mol. The van der Waals surface area contributed by atoms with Crippen molar-refractivity contribution in [3.63, 3.8) is 0 Å². The summed E-state index contributed by atoms with van der Waals surface area (Å²) in [5.41, 5.74) is 0.858. The summed E-state index contributed by atoms with van der Waals surface area (Å²) in [4.78, 5) is 0. The highest BCUT2D eigenvalue weighted by Gasteiger charge is 2.21. The van der Waals surface area contributed by atoms with Crippen molar-refractivity contribution in [2.75, 3.05) is 0 Å². The molecule has 0 aromatic heterocycles. The highest BCUT2D eigenvalue weighted by atomic mass is 127. The molecule has 1 saturated carbocycles. The van der Waals surface area contributed by atoms with Crippen LogP contribution in [0.2, 0.25) is 0 Å². The van der Waals surface area contributed by atoms with Gasteiger partial charge in [0.1, 0.15) is 17.3 Å². The number of halogens is 2. The molecule has 0 aliphatic heterocycles. The first-order valence-electron chi connectivity index (χ1n) is 6.66. The fourth-order valence-electron chi connectivity index (χ4n) is 1.97. The van der Waals surface area contributed by atoms with Gasteiger partial charge in [0, 0.05) is 18.2 Å². The molecule has 2 aromatic rings. The number of rotatable bonds is 5. The van der Waals surface area contributed by atoms with E-state index in [1.807, 2.05) is 24.3 Å². The second-order valence-electron chi connectivity index (χ2n) is 4.94. The van der Waals surface area contributed by atoms with Crippen LogP contribution in [0.15, 0.2) is 42.5 Å². The van der Waals surface area contributed by atoms with Gasteiger partial charge in [0.25, 0.3) is 0 Å². The molecule has 20 heavy (non-hydrogen) atoms. The van der Waals surface area contributed by atoms with Crippen LogP contribution in [0.25, 0.3) is 0 Å². The monoisotopic (exact) mass is 383 g/mol. The maximum atomic E-state index is 13.4. The first-order valence-corrected chi connectivity index (χ1v) is 7.74. The van der Waals surface area contributed by atoms with Crippen LogP contribution in [-0.4, -0.2) is 6.04 Å². The highest BCUT2D eigenvalue weighted by molar-refractivity contribution is 14.1. The molecule has 0 heterocycles. The Morgan fingerprint density at radius 1 is 1.15 bits per heavy atom. The predicted octanol–water partition coefficient (Wildman–Crippen LogP) is 4.47. The molecule has 0 bridgehead atoms. The smallest absolute Gasteiger partial charge is 0.140 e. The Bertz CT molecular complexity index is 613. The van der Waals surface area contributed by atoms with Crippen molar-refractivity contribution in [3.8, 4) is 11.5 Å². The zero-order chi connectivity index (χ0) is 13.9. The summed E-state index contributed by atoms with van der Waals surface area (Å²) in [5, 5.41) is 3.39. The lowest BCUT2D eigenvalue weighted by atomic mass is 10.2. The van der Waals surface area contributed by atoms with Crippen molar-refractivity contribution in [2.24, 2.45) is 0 Å². The molecule has 0 amide bonds. The molecule has 1 N–H and O–H groups in total. The van der Waals surface area contributed by atoms with Crippen LogP contribution in [0, 0.1) is 9.39 Å². The number of benzene rings is 2. The second-order valence-corrected chi connectivity index (χ2v) is 6.10. The van der Waals surface area contributed by atoms with Gasteiger partial charge in [-0.15, -0.1) is 0 Å². The third-order valence-electron chi connectivity index (χ3n) is 3.24. The van der Waals surface area contributed by atoms with E-state index in [1.165, 1.54) is 18.9 Å². The molecule has 0 unspecified atom stereocenters. The molecule has 4 heteroatoms. The standard InChI is InChI=1S/C16H15FINO/c17-12-5-8-15(11(9-12)10-19-13-6-7-13)20-16-4-2-1-3-14(16)18/h1-5,8-9,13,19H,6-7,10H2. The van der Waals surface area contributed by atoms with Crippen molar-refractivity contribution in [2.45, 2.75) is 25.4 Å². The van der Waals surface area contributed by atoms with Gasteiger partial charge in [0.05, 0.1) is 3.57 Å². The molecule has 1 aliphatic carbocycles. The highest BCUT2D eigenvalue weighted by Crippen LogP contribution is 2.30.